The van der Waals surface area contributed by atoms with Crippen LogP contribution in [0.2, 0.25) is 0 Å². The van der Waals surface area contributed by atoms with Crippen LogP contribution in [-0.4, -0.2) is 6.29 Å². The van der Waals surface area contributed by atoms with Gasteiger partial charge in [0.1, 0.15) is 12.1 Å². The summed E-state index contributed by atoms with van der Waals surface area (Å²) in [5, 5.41) is 0. The lowest BCUT2D eigenvalue weighted by Gasteiger charge is -1.86. The first-order valence-electron chi connectivity index (χ1n) is 4.03. The minimum absolute atomic E-state index is 0.370. The molecular weight excluding hydrogens is 167 g/mol. The van der Waals surface area contributed by atoms with Crippen LogP contribution in [0, 0.1) is 5.82 Å². The molecule has 13 heavy (non-hydrogen) atoms. The first-order valence-corrected chi connectivity index (χ1v) is 4.03. The highest BCUT2D eigenvalue weighted by molar-refractivity contribution is 5.74. The van der Waals surface area contributed by atoms with E-state index in [2.05, 4.69) is 13.2 Å². The third kappa shape index (κ3) is 6.94. The van der Waals surface area contributed by atoms with Gasteiger partial charge in [-0.2, -0.15) is 0 Å². The van der Waals surface area contributed by atoms with E-state index >= 15 is 0 Å². The number of aldehydes is 1. The van der Waals surface area contributed by atoms with Crippen LogP contribution in [-0.2, 0) is 0 Å². The molecule has 0 amide bonds. The van der Waals surface area contributed by atoms with Crippen molar-refractivity contribution in [1.82, 2.24) is 0 Å². The summed E-state index contributed by atoms with van der Waals surface area (Å²) in [6.07, 6.45) is 0.614. The van der Waals surface area contributed by atoms with E-state index in [-0.39, 0.29) is 5.82 Å². The molecule has 0 radical (unpaired) electrons. The zero-order chi connectivity index (χ0) is 10.7. The number of carbonyl (C=O) groups is 1. The van der Waals surface area contributed by atoms with E-state index in [0.717, 1.165) is 0 Å². The summed E-state index contributed by atoms with van der Waals surface area (Å²) >= 11 is 0. The van der Waals surface area contributed by atoms with Gasteiger partial charge in [0.15, 0.2) is 0 Å². The van der Waals surface area contributed by atoms with Gasteiger partial charge in [-0.05, 0) is 12.1 Å². The fraction of sp³-hybridized carbons (Fsp3) is 0.182. The molecule has 0 aliphatic heterocycles. The van der Waals surface area contributed by atoms with Gasteiger partial charge in [-0.3, -0.25) is 4.79 Å². The molecule has 0 aliphatic carbocycles. The first-order chi connectivity index (χ1) is 6.33. The zero-order valence-corrected chi connectivity index (χ0v) is 8.09. The second kappa shape index (κ2) is 10.6. The summed E-state index contributed by atoms with van der Waals surface area (Å²) in [5.74, 6) is -0.375. The summed E-state index contributed by atoms with van der Waals surface area (Å²) in [7, 11) is 0. The Morgan fingerprint density at radius 3 is 2.15 bits per heavy atom. The van der Waals surface area contributed by atoms with Crippen LogP contribution >= 0.6 is 0 Å². The van der Waals surface area contributed by atoms with Crippen LogP contribution in [0.1, 0.15) is 24.2 Å². The average molecular weight is 182 g/mol. The largest absolute Gasteiger partial charge is 0.298 e. The molecule has 0 saturated heterocycles. The van der Waals surface area contributed by atoms with Gasteiger partial charge in [-0.1, -0.05) is 26.0 Å². The molecule has 0 aliphatic rings. The topological polar surface area (TPSA) is 17.1 Å². The fourth-order valence-electron chi connectivity index (χ4n) is 0.580. The molecule has 0 atom stereocenters. The van der Waals surface area contributed by atoms with Crippen molar-refractivity contribution in [2.75, 3.05) is 0 Å². The lowest BCUT2D eigenvalue weighted by molar-refractivity contribution is 0.112. The molecular formula is C11H15FO. The van der Waals surface area contributed by atoms with E-state index in [1.54, 1.807) is 6.07 Å². The van der Waals surface area contributed by atoms with Gasteiger partial charge < -0.3 is 0 Å². The molecule has 1 aromatic rings. The molecule has 1 nitrogen and oxygen atoms in total. The Labute approximate surface area is 78.9 Å². The molecule has 0 bridgehead atoms. The molecule has 0 aromatic heterocycles. The number of benzene rings is 1. The monoisotopic (exact) mass is 182 g/mol. The van der Waals surface area contributed by atoms with Crippen molar-refractivity contribution in [3.63, 3.8) is 0 Å². The normalized spacial score (nSPS) is 7.00. The van der Waals surface area contributed by atoms with E-state index in [1.165, 1.54) is 18.2 Å². The Morgan fingerprint density at radius 1 is 1.31 bits per heavy atom. The lowest BCUT2D eigenvalue weighted by Crippen LogP contribution is -1.79. The Bertz CT molecular complexity index is 233. The van der Waals surface area contributed by atoms with Crippen LogP contribution in [0.25, 0.3) is 0 Å². The van der Waals surface area contributed by atoms with Crippen molar-refractivity contribution in [3.8, 4) is 0 Å². The van der Waals surface area contributed by atoms with Gasteiger partial charge in [0, 0.05) is 5.56 Å². The van der Waals surface area contributed by atoms with Crippen molar-refractivity contribution in [2.45, 2.75) is 13.8 Å². The Balaban J connectivity index is 0. The van der Waals surface area contributed by atoms with Gasteiger partial charge in [-0.15, -0.1) is 13.2 Å². The van der Waals surface area contributed by atoms with Gasteiger partial charge >= 0.3 is 0 Å². The average Bonchev–Trinajstić information content (AvgIpc) is 2.24. The molecule has 2 heteroatoms. The van der Waals surface area contributed by atoms with Gasteiger partial charge in [0.25, 0.3) is 0 Å². The maximum absolute atomic E-state index is 12.2. The van der Waals surface area contributed by atoms with Gasteiger partial charge in [-0.25, -0.2) is 4.39 Å². The maximum atomic E-state index is 12.2. The number of hydrogen-bond acceptors (Lipinski definition) is 1. The first kappa shape index (κ1) is 14.1. The third-order valence-electron chi connectivity index (χ3n) is 0.985. The predicted octanol–water partition coefficient (Wildman–Crippen LogP) is 3.47. The van der Waals surface area contributed by atoms with Gasteiger partial charge in [0.05, 0.1) is 0 Å². The highest BCUT2D eigenvalue weighted by atomic mass is 19.1. The standard InChI is InChI=1S/C7H5FO.C2H6.C2H4/c8-7-3-1-2-6(4-7)5-9;2*1-2/h1-5H;1-2H3;1-2H2. The van der Waals surface area contributed by atoms with Crippen LogP contribution < -0.4 is 0 Å². The van der Waals surface area contributed by atoms with Crippen molar-refractivity contribution < 1.29 is 9.18 Å². The van der Waals surface area contributed by atoms with Crippen molar-refractivity contribution in [2.24, 2.45) is 0 Å². The van der Waals surface area contributed by atoms with E-state index in [0.29, 0.717) is 11.8 Å². The highest BCUT2D eigenvalue weighted by Gasteiger charge is 1.89. The second-order valence-electron chi connectivity index (χ2n) is 1.67. The Hall–Kier alpha value is -1.44. The number of carbonyl (C=O) groups excluding carboxylic acids is 1. The second-order valence-corrected chi connectivity index (χ2v) is 1.67. The predicted molar refractivity (Wildman–Crippen MR) is 54.4 cm³/mol. The smallest absolute Gasteiger partial charge is 0.150 e. The molecule has 0 fully saturated rings. The molecule has 0 saturated carbocycles. The molecule has 0 unspecified atom stereocenters. The molecule has 0 N–H and O–H groups in total. The summed E-state index contributed by atoms with van der Waals surface area (Å²) in [6.45, 7) is 10.0. The van der Waals surface area contributed by atoms with Crippen molar-refractivity contribution in [3.05, 3.63) is 48.8 Å². The maximum Gasteiger partial charge on any atom is 0.150 e. The zero-order valence-electron chi connectivity index (χ0n) is 8.09. The summed E-state index contributed by atoms with van der Waals surface area (Å²) in [4.78, 5) is 9.99. The van der Waals surface area contributed by atoms with Gasteiger partial charge in [0.2, 0.25) is 0 Å². The molecule has 1 rings (SSSR count). The highest BCUT2D eigenvalue weighted by Crippen LogP contribution is 1.99. The molecule has 72 valence electrons. The molecule has 0 spiro atoms. The van der Waals surface area contributed by atoms with E-state index in [1.807, 2.05) is 13.8 Å². The number of rotatable bonds is 1. The van der Waals surface area contributed by atoms with Crippen LogP contribution in [0.5, 0.6) is 0 Å². The summed E-state index contributed by atoms with van der Waals surface area (Å²) in [6, 6.07) is 5.54. The minimum atomic E-state index is -0.375. The van der Waals surface area contributed by atoms with Crippen LogP contribution in [0.3, 0.4) is 0 Å². The van der Waals surface area contributed by atoms with Crippen molar-refractivity contribution in [1.29, 1.82) is 0 Å². The quantitative estimate of drug-likeness (QED) is 0.480. The third-order valence-corrected chi connectivity index (χ3v) is 0.985. The van der Waals surface area contributed by atoms with Crippen molar-refractivity contribution >= 4 is 6.29 Å². The lowest BCUT2D eigenvalue weighted by atomic mass is 10.2. The Kier molecular flexibility index (Phi) is 11.5. The molecule has 0 heterocycles. The van der Waals surface area contributed by atoms with Crippen LogP contribution in [0.4, 0.5) is 4.39 Å². The SMILES string of the molecule is C=C.CC.O=Cc1cccc(F)c1. The summed E-state index contributed by atoms with van der Waals surface area (Å²) in [5.41, 5.74) is 0.370. The Morgan fingerprint density at radius 2 is 1.85 bits per heavy atom. The number of halogens is 1. The minimum Gasteiger partial charge on any atom is -0.298 e. The van der Waals surface area contributed by atoms with Crippen LogP contribution in [0.15, 0.2) is 37.4 Å². The van der Waals surface area contributed by atoms with E-state index in [9.17, 15) is 9.18 Å². The number of hydrogen-bond donors (Lipinski definition) is 0. The summed E-state index contributed by atoms with van der Waals surface area (Å²) < 4.78 is 12.2. The molecule has 1 aromatic carbocycles. The van der Waals surface area contributed by atoms with E-state index < -0.39 is 0 Å². The fourth-order valence-corrected chi connectivity index (χ4v) is 0.580. The van der Waals surface area contributed by atoms with E-state index in [4.69, 9.17) is 0 Å².